The highest BCUT2D eigenvalue weighted by Crippen LogP contribution is 2.37. The summed E-state index contributed by atoms with van der Waals surface area (Å²) >= 11 is 5.84. The fourth-order valence-electron chi connectivity index (χ4n) is 3.15. The van der Waals surface area contributed by atoms with E-state index < -0.39 is 38.7 Å². The Balaban J connectivity index is 2.45. The molecule has 2 rings (SSSR count). The number of ether oxygens (including phenoxy) is 1. The summed E-state index contributed by atoms with van der Waals surface area (Å²) in [5.74, 6) is -2.49. The Morgan fingerprint density at radius 1 is 1.10 bits per heavy atom. The summed E-state index contributed by atoms with van der Waals surface area (Å²) in [5.41, 5.74) is -0.323. The zero-order chi connectivity index (χ0) is 22.5. The van der Waals surface area contributed by atoms with Gasteiger partial charge in [0.05, 0.1) is 16.8 Å². The van der Waals surface area contributed by atoms with Gasteiger partial charge in [-0.05, 0) is 56.3 Å². The SMILES string of the molecule is CCN(CC)C(=O)OCC(C)[C@@H](c1cc(F)ccc1F)S(=O)(=O)c1ccc(Cl)cc1. The van der Waals surface area contributed by atoms with Gasteiger partial charge in [0.1, 0.15) is 11.6 Å². The van der Waals surface area contributed by atoms with Crippen LogP contribution in [-0.2, 0) is 14.6 Å². The van der Waals surface area contributed by atoms with E-state index in [-0.39, 0.29) is 17.1 Å². The molecule has 0 aliphatic carbocycles. The van der Waals surface area contributed by atoms with Crippen LogP contribution in [0.2, 0.25) is 5.02 Å². The molecule has 2 atom stereocenters. The van der Waals surface area contributed by atoms with Gasteiger partial charge in [-0.2, -0.15) is 0 Å². The molecule has 0 aromatic heterocycles. The Hall–Kier alpha value is -2.19. The van der Waals surface area contributed by atoms with E-state index in [9.17, 15) is 22.0 Å². The van der Waals surface area contributed by atoms with Crippen molar-refractivity contribution in [2.45, 2.75) is 30.9 Å². The minimum Gasteiger partial charge on any atom is -0.449 e. The number of carbonyl (C=O) groups is 1. The fraction of sp³-hybridized carbons (Fsp3) is 0.381. The van der Waals surface area contributed by atoms with Gasteiger partial charge in [0.15, 0.2) is 9.84 Å². The highest BCUT2D eigenvalue weighted by atomic mass is 35.5. The van der Waals surface area contributed by atoms with Gasteiger partial charge in [0.2, 0.25) is 0 Å². The summed E-state index contributed by atoms with van der Waals surface area (Å²) in [7, 11) is -4.16. The minimum atomic E-state index is -4.16. The zero-order valence-electron chi connectivity index (χ0n) is 16.9. The van der Waals surface area contributed by atoms with Gasteiger partial charge < -0.3 is 9.64 Å². The smallest absolute Gasteiger partial charge is 0.409 e. The molecule has 0 bridgehead atoms. The van der Waals surface area contributed by atoms with Gasteiger partial charge in [-0.3, -0.25) is 0 Å². The molecule has 0 aliphatic rings. The fourth-order valence-corrected chi connectivity index (χ4v) is 5.29. The van der Waals surface area contributed by atoms with E-state index in [4.69, 9.17) is 16.3 Å². The molecule has 9 heteroatoms. The Kier molecular flexibility index (Phi) is 8.20. The molecular formula is C21H24ClF2NO4S. The number of carbonyl (C=O) groups excluding carboxylic acids is 1. The van der Waals surface area contributed by atoms with Gasteiger partial charge >= 0.3 is 6.09 Å². The van der Waals surface area contributed by atoms with Gasteiger partial charge in [0.25, 0.3) is 0 Å². The minimum absolute atomic E-state index is 0.0949. The summed E-state index contributed by atoms with van der Waals surface area (Å²) in [6.45, 7) is 5.64. The van der Waals surface area contributed by atoms with Crippen molar-refractivity contribution in [1.82, 2.24) is 4.90 Å². The Morgan fingerprint density at radius 3 is 2.27 bits per heavy atom. The molecule has 164 valence electrons. The van der Waals surface area contributed by atoms with Gasteiger partial charge in [0, 0.05) is 29.6 Å². The van der Waals surface area contributed by atoms with E-state index in [1.54, 1.807) is 13.8 Å². The predicted octanol–water partition coefficient (Wildman–Crippen LogP) is 5.25. The third kappa shape index (κ3) is 5.49. The van der Waals surface area contributed by atoms with Crippen LogP contribution in [0.4, 0.5) is 13.6 Å². The maximum Gasteiger partial charge on any atom is 0.409 e. The number of rotatable bonds is 8. The number of hydrogen-bond donors (Lipinski definition) is 0. The standard InChI is InChI=1S/C21H24ClF2NO4S/c1-4-25(5-2)21(26)29-13-14(3)20(18-12-16(23)8-11-19(18)24)30(27,28)17-9-6-15(22)7-10-17/h6-12,14,20H,4-5,13H2,1-3H3/t14?,20-/m0/s1. The summed E-state index contributed by atoms with van der Waals surface area (Å²) in [4.78, 5) is 13.5. The van der Waals surface area contributed by atoms with Crippen LogP contribution in [0.1, 0.15) is 31.6 Å². The van der Waals surface area contributed by atoms with E-state index in [0.717, 1.165) is 18.2 Å². The first-order valence-corrected chi connectivity index (χ1v) is 11.4. The van der Waals surface area contributed by atoms with E-state index in [0.29, 0.717) is 18.1 Å². The lowest BCUT2D eigenvalue weighted by Crippen LogP contribution is -2.33. The Morgan fingerprint density at radius 2 is 1.70 bits per heavy atom. The second-order valence-corrected chi connectivity index (χ2v) is 9.32. The molecule has 0 heterocycles. The number of nitrogens with zero attached hydrogens (tertiary/aromatic N) is 1. The molecule has 30 heavy (non-hydrogen) atoms. The maximum atomic E-state index is 14.6. The highest BCUT2D eigenvalue weighted by molar-refractivity contribution is 7.91. The van der Waals surface area contributed by atoms with Gasteiger partial charge in [-0.25, -0.2) is 22.0 Å². The molecule has 0 fully saturated rings. The second-order valence-electron chi connectivity index (χ2n) is 6.81. The first-order chi connectivity index (χ1) is 14.1. The van der Waals surface area contributed by atoms with Gasteiger partial charge in [-0.1, -0.05) is 18.5 Å². The summed E-state index contributed by atoms with van der Waals surface area (Å²) in [6, 6.07) is 8.06. The highest BCUT2D eigenvalue weighted by Gasteiger charge is 2.37. The van der Waals surface area contributed by atoms with Crippen molar-refractivity contribution in [1.29, 1.82) is 0 Å². The molecule has 1 unspecified atom stereocenters. The van der Waals surface area contributed by atoms with E-state index in [2.05, 4.69) is 0 Å². The number of amides is 1. The first-order valence-electron chi connectivity index (χ1n) is 9.47. The molecule has 0 spiro atoms. The summed E-state index contributed by atoms with van der Waals surface area (Å²) in [5, 5.41) is -1.14. The van der Waals surface area contributed by atoms with Crippen LogP contribution >= 0.6 is 11.6 Å². The van der Waals surface area contributed by atoms with Crippen molar-refractivity contribution in [3.05, 3.63) is 64.7 Å². The van der Waals surface area contributed by atoms with Crippen molar-refractivity contribution < 1.29 is 26.7 Å². The summed E-state index contributed by atoms with van der Waals surface area (Å²) in [6.07, 6.45) is -0.603. The largest absolute Gasteiger partial charge is 0.449 e. The van der Waals surface area contributed by atoms with Gasteiger partial charge in [-0.15, -0.1) is 0 Å². The molecule has 5 nitrogen and oxygen atoms in total. The molecule has 2 aromatic rings. The maximum absolute atomic E-state index is 14.6. The molecule has 2 aromatic carbocycles. The second kappa shape index (κ2) is 10.2. The molecule has 0 aliphatic heterocycles. The number of hydrogen-bond acceptors (Lipinski definition) is 4. The number of halogens is 3. The monoisotopic (exact) mass is 459 g/mol. The molecule has 0 saturated carbocycles. The van der Waals surface area contributed by atoms with Crippen LogP contribution < -0.4 is 0 Å². The van der Waals surface area contributed by atoms with Crippen molar-refractivity contribution in [2.75, 3.05) is 19.7 Å². The van der Waals surface area contributed by atoms with Crippen molar-refractivity contribution in [3.63, 3.8) is 0 Å². The molecule has 0 saturated heterocycles. The third-order valence-corrected chi connectivity index (χ3v) is 7.32. The zero-order valence-corrected chi connectivity index (χ0v) is 18.5. The van der Waals surface area contributed by atoms with Crippen LogP contribution in [0.25, 0.3) is 0 Å². The predicted molar refractivity (Wildman–Crippen MR) is 111 cm³/mol. The molecule has 0 N–H and O–H groups in total. The van der Waals surface area contributed by atoms with Crippen LogP contribution in [0, 0.1) is 17.6 Å². The molecule has 0 radical (unpaired) electrons. The lowest BCUT2D eigenvalue weighted by atomic mass is 10.0. The summed E-state index contributed by atoms with van der Waals surface area (Å²) < 4.78 is 60.4. The van der Waals surface area contributed by atoms with Crippen molar-refractivity contribution in [2.24, 2.45) is 5.92 Å². The van der Waals surface area contributed by atoms with Crippen LogP contribution in [0.3, 0.4) is 0 Å². The van der Waals surface area contributed by atoms with Crippen LogP contribution in [-0.4, -0.2) is 39.1 Å². The first kappa shape index (κ1) is 24.1. The van der Waals surface area contributed by atoms with Crippen LogP contribution in [0.5, 0.6) is 0 Å². The van der Waals surface area contributed by atoms with Crippen LogP contribution in [0.15, 0.2) is 47.4 Å². The number of sulfone groups is 1. The molecular weight excluding hydrogens is 436 g/mol. The van der Waals surface area contributed by atoms with E-state index >= 15 is 0 Å². The van der Waals surface area contributed by atoms with E-state index in [1.165, 1.54) is 36.1 Å². The quantitative estimate of drug-likeness (QED) is 0.541. The lowest BCUT2D eigenvalue weighted by Gasteiger charge is -2.26. The van der Waals surface area contributed by atoms with E-state index in [1.807, 2.05) is 0 Å². The third-order valence-electron chi connectivity index (χ3n) is 4.75. The topological polar surface area (TPSA) is 63.7 Å². The normalized spacial score (nSPS) is 13.5. The number of benzene rings is 2. The van der Waals surface area contributed by atoms with Crippen molar-refractivity contribution in [3.8, 4) is 0 Å². The average Bonchev–Trinajstić information content (AvgIpc) is 2.70. The molecule has 1 amide bonds. The average molecular weight is 460 g/mol. The Bertz CT molecular complexity index is 979. The lowest BCUT2D eigenvalue weighted by molar-refractivity contribution is 0.0921. The van der Waals surface area contributed by atoms with Crippen molar-refractivity contribution >= 4 is 27.5 Å². The Labute approximate surface area is 180 Å².